The van der Waals surface area contributed by atoms with Crippen molar-refractivity contribution in [1.82, 2.24) is 20.3 Å². The van der Waals surface area contributed by atoms with E-state index in [1.807, 2.05) is 6.92 Å². The molecule has 1 unspecified atom stereocenters. The van der Waals surface area contributed by atoms with E-state index in [-0.39, 0.29) is 11.9 Å². The van der Waals surface area contributed by atoms with Crippen LogP contribution in [0.1, 0.15) is 37.7 Å². The van der Waals surface area contributed by atoms with Crippen molar-refractivity contribution in [2.24, 2.45) is 0 Å². The molecule has 4 nitrogen and oxygen atoms in total. The summed E-state index contributed by atoms with van der Waals surface area (Å²) in [5.41, 5.74) is 2.45. The van der Waals surface area contributed by atoms with Crippen LogP contribution < -0.4 is 5.32 Å². The van der Waals surface area contributed by atoms with Crippen LogP contribution in [0, 0.1) is 12.7 Å². The Bertz CT molecular complexity index is 597. The van der Waals surface area contributed by atoms with Crippen LogP contribution in [0.3, 0.4) is 0 Å². The van der Waals surface area contributed by atoms with E-state index in [9.17, 15) is 4.39 Å². The first kappa shape index (κ1) is 15.1. The molecule has 20 heavy (non-hydrogen) atoms. The molecule has 1 heterocycles. The van der Waals surface area contributed by atoms with Gasteiger partial charge in [-0.05, 0) is 54.9 Å². The van der Waals surface area contributed by atoms with Gasteiger partial charge in [-0.25, -0.2) is 9.07 Å². The zero-order chi connectivity index (χ0) is 14.7. The molecule has 0 bridgehead atoms. The molecule has 6 heteroatoms. The smallest absolute Gasteiger partial charge is 0.125 e. The Morgan fingerprint density at radius 1 is 1.45 bits per heavy atom. The van der Waals surface area contributed by atoms with E-state index in [2.05, 4.69) is 45.4 Å². The number of nitrogens with zero attached hydrogens (tertiary/aromatic N) is 3. The van der Waals surface area contributed by atoms with E-state index in [0.717, 1.165) is 28.8 Å². The molecule has 1 aromatic heterocycles. The molecule has 0 aliphatic heterocycles. The van der Waals surface area contributed by atoms with E-state index < -0.39 is 0 Å². The number of rotatable bonds is 5. The fourth-order valence-electron chi connectivity index (χ4n) is 2.08. The van der Waals surface area contributed by atoms with Crippen LogP contribution in [0.5, 0.6) is 0 Å². The minimum atomic E-state index is -0.295. The van der Waals surface area contributed by atoms with Crippen LogP contribution in [0.15, 0.2) is 22.7 Å². The molecule has 108 valence electrons. The highest BCUT2D eigenvalue weighted by Gasteiger charge is 2.17. The lowest BCUT2D eigenvalue weighted by atomic mass is 10.2. The number of benzene rings is 1. The second-order valence-corrected chi connectivity index (χ2v) is 5.60. The van der Waals surface area contributed by atoms with Gasteiger partial charge in [0.05, 0.1) is 17.4 Å². The molecule has 0 spiro atoms. The van der Waals surface area contributed by atoms with E-state index in [1.165, 1.54) is 12.1 Å². The zero-order valence-electron chi connectivity index (χ0n) is 11.8. The minimum absolute atomic E-state index is 0.121. The maximum atomic E-state index is 13.4. The van der Waals surface area contributed by atoms with E-state index >= 15 is 0 Å². The van der Waals surface area contributed by atoms with Gasteiger partial charge in [-0.15, -0.1) is 5.10 Å². The zero-order valence-corrected chi connectivity index (χ0v) is 13.4. The van der Waals surface area contributed by atoms with Gasteiger partial charge in [-0.2, -0.15) is 0 Å². The Morgan fingerprint density at radius 2 is 2.20 bits per heavy atom. The van der Waals surface area contributed by atoms with Crippen LogP contribution in [-0.4, -0.2) is 21.5 Å². The summed E-state index contributed by atoms with van der Waals surface area (Å²) in [4.78, 5) is 0. The van der Waals surface area contributed by atoms with E-state index in [4.69, 9.17) is 0 Å². The van der Waals surface area contributed by atoms with Crippen LogP contribution in [-0.2, 0) is 0 Å². The summed E-state index contributed by atoms with van der Waals surface area (Å²) in [6.45, 7) is 7.04. The Morgan fingerprint density at radius 3 is 2.90 bits per heavy atom. The summed E-state index contributed by atoms with van der Waals surface area (Å²) >= 11 is 3.42. The molecular formula is C14H18BrFN4. The third kappa shape index (κ3) is 3.07. The molecule has 1 N–H and O–H groups in total. The fraction of sp³-hybridized carbons (Fsp3) is 0.429. The van der Waals surface area contributed by atoms with Crippen molar-refractivity contribution in [3.63, 3.8) is 0 Å². The number of halogens is 2. The van der Waals surface area contributed by atoms with Crippen molar-refractivity contribution >= 4 is 15.9 Å². The third-order valence-electron chi connectivity index (χ3n) is 3.18. The van der Waals surface area contributed by atoms with Gasteiger partial charge in [0.25, 0.3) is 0 Å². The Hall–Kier alpha value is -1.27. The van der Waals surface area contributed by atoms with Gasteiger partial charge in [0.15, 0.2) is 0 Å². The first-order chi connectivity index (χ1) is 9.54. The lowest BCUT2D eigenvalue weighted by Crippen LogP contribution is -2.20. The highest BCUT2D eigenvalue weighted by molar-refractivity contribution is 9.10. The van der Waals surface area contributed by atoms with Crippen LogP contribution in [0.2, 0.25) is 0 Å². The Kier molecular flexibility index (Phi) is 4.88. The van der Waals surface area contributed by atoms with Gasteiger partial charge in [0.2, 0.25) is 0 Å². The average molecular weight is 341 g/mol. The van der Waals surface area contributed by atoms with Gasteiger partial charge in [0.1, 0.15) is 11.5 Å². The SMILES string of the molecule is CCCNC(C)c1nnn(-c2cc(F)ccc2Br)c1C. The summed E-state index contributed by atoms with van der Waals surface area (Å²) in [7, 11) is 0. The summed E-state index contributed by atoms with van der Waals surface area (Å²) in [5.74, 6) is -0.295. The van der Waals surface area contributed by atoms with Gasteiger partial charge in [-0.3, -0.25) is 0 Å². The van der Waals surface area contributed by atoms with E-state index in [0.29, 0.717) is 5.69 Å². The van der Waals surface area contributed by atoms with Crippen LogP contribution in [0.4, 0.5) is 4.39 Å². The molecule has 0 amide bonds. The predicted octanol–water partition coefficient (Wildman–Crippen LogP) is 3.54. The van der Waals surface area contributed by atoms with E-state index in [1.54, 1.807) is 10.7 Å². The standard InChI is InChI=1S/C14H18BrFN4/c1-4-7-17-9(2)14-10(3)20(19-18-14)13-8-11(16)5-6-12(13)15/h5-6,8-9,17H,4,7H2,1-3H3. The molecule has 1 atom stereocenters. The van der Waals surface area contributed by atoms with Crippen LogP contribution >= 0.6 is 15.9 Å². The molecule has 0 aliphatic carbocycles. The number of hydrogen-bond donors (Lipinski definition) is 1. The van der Waals surface area contributed by atoms with Gasteiger partial charge in [0, 0.05) is 10.5 Å². The summed E-state index contributed by atoms with van der Waals surface area (Å²) in [5, 5.41) is 11.7. The van der Waals surface area contributed by atoms with Crippen molar-refractivity contribution in [3.8, 4) is 5.69 Å². The van der Waals surface area contributed by atoms with Gasteiger partial charge >= 0.3 is 0 Å². The van der Waals surface area contributed by atoms with Crippen molar-refractivity contribution in [2.45, 2.75) is 33.2 Å². The minimum Gasteiger partial charge on any atom is -0.309 e. The second kappa shape index (κ2) is 6.45. The molecule has 2 rings (SSSR count). The number of nitrogens with one attached hydrogen (secondary N) is 1. The number of hydrogen-bond acceptors (Lipinski definition) is 3. The molecule has 2 aromatic rings. The van der Waals surface area contributed by atoms with Crippen molar-refractivity contribution in [2.75, 3.05) is 6.54 Å². The Labute approximate surface area is 126 Å². The van der Waals surface area contributed by atoms with Crippen molar-refractivity contribution < 1.29 is 4.39 Å². The van der Waals surface area contributed by atoms with Crippen molar-refractivity contribution in [1.29, 1.82) is 0 Å². The molecule has 1 aromatic carbocycles. The summed E-state index contributed by atoms with van der Waals surface area (Å²) in [6.07, 6.45) is 1.06. The van der Waals surface area contributed by atoms with Crippen LogP contribution in [0.25, 0.3) is 5.69 Å². The fourth-order valence-corrected chi connectivity index (χ4v) is 2.49. The summed E-state index contributed by atoms with van der Waals surface area (Å²) in [6, 6.07) is 4.65. The molecule has 0 saturated heterocycles. The topological polar surface area (TPSA) is 42.7 Å². The second-order valence-electron chi connectivity index (χ2n) is 4.74. The average Bonchev–Trinajstić information content (AvgIpc) is 2.80. The summed E-state index contributed by atoms with van der Waals surface area (Å²) < 4.78 is 15.8. The lowest BCUT2D eigenvalue weighted by Gasteiger charge is -2.12. The highest BCUT2D eigenvalue weighted by atomic mass is 79.9. The molecule has 0 radical (unpaired) electrons. The predicted molar refractivity (Wildman–Crippen MR) is 80.5 cm³/mol. The maximum absolute atomic E-state index is 13.4. The van der Waals surface area contributed by atoms with Gasteiger partial charge in [-0.1, -0.05) is 12.1 Å². The van der Waals surface area contributed by atoms with Gasteiger partial charge < -0.3 is 5.32 Å². The first-order valence-corrected chi connectivity index (χ1v) is 7.45. The lowest BCUT2D eigenvalue weighted by molar-refractivity contribution is 0.555. The Balaban J connectivity index is 2.35. The molecule has 0 saturated carbocycles. The molecule has 0 fully saturated rings. The first-order valence-electron chi connectivity index (χ1n) is 6.65. The molecule has 0 aliphatic rings. The largest absolute Gasteiger partial charge is 0.309 e. The highest BCUT2D eigenvalue weighted by Crippen LogP contribution is 2.24. The quantitative estimate of drug-likeness (QED) is 0.905. The van der Waals surface area contributed by atoms with Crippen molar-refractivity contribution in [3.05, 3.63) is 39.9 Å². The molecular weight excluding hydrogens is 323 g/mol. The normalized spacial score (nSPS) is 12.7. The monoisotopic (exact) mass is 340 g/mol. The third-order valence-corrected chi connectivity index (χ3v) is 3.85. The maximum Gasteiger partial charge on any atom is 0.125 e. The number of aromatic nitrogens is 3.